The highest BCUT2D eigenvalue weighted by atomic mass is 31.2. The fourth-order valence-corrected chi connectivity index (χ4v) is 3.17. The average molecular weight is 369 g/mol. The Morgan fingerprint density at radius 1 is 1.20 bits per heavy atom. The van der Waals surface area contributed by atoms with E-state index in [9.17, 15) is 14.2 Å². The van der Waals surface area contributed by atoms with Gasteiger partial charge >= 0.3 is 13.6 Å². The molecule has 1 aromatic carbocycles. The van der Waals surface area contributed by atoms with Crippen LogP contribution in [0, 0.1) is 0 Å². The van der Waals surface area contributed by atoms with E-state index < -0.39 is 25.5 Å². The summed E-state index contributed by atoms with van der Waals surface area (Å²) in [6.07, 6.45) is 2.75. The summed E-state index contributed by atoms with van der Waals surface area (Å²) in [5.41, 5.74) is 1.08. The van der Waals surface area contributed by atoms with Crippen LogP contribution in [0.25, 0.3) is 0 Å². The van der Waals surface area contributed by atoms with E-state index >= 15 is 0 Å². The molecule has 0 radical (unpaired) electrons. The molecule has 0 saturated carbocycles. The van der Waals surface area contributed by atoms with Crippen molar-refractivity contribution in [2.75, 3.05) is 21.3 Å². The second-order valence-electron chi connectivity index (χ2n) is 5.25. The smallest absolute Gasteiger partial charge is 0.334 e. The first kappa shape index (κ1) is 21.1. The molecular formula is C17H24NO6P. The molecule has 1 N–H and O–H groups in total. The van der Waals surface area contributed by atoms with Gasteiger partial charge in [0.15, 0.2) is 0 Å². The van der Waals surface area contributed by atoms with E-state index in [1.54, 1.807) is 30.3 Å². The normalized spacial score (nSPS) is 12.3. The van der Waals surface area contributed by atoms with Gasteiger partial charge in [0.1, 0.15) is 6.04 Å². The zero-order chi connectivity index (χ0) is 18.9. The van der Waals surface area contributed by atoms with Gasteiger partial charge in [-0.1, -0.05) is 18.2 Å². The van der Waals surface area contributed by atoms with Gasteiger partial charge in [-0.3, -0.25) is 9.36 Å². The summed E-state index contributed by atoms with van der Waals surface area (Å²) in [6.45, 7) is 3.60. The highest BCUT2D eigenvalue weighted by molar-refractivity contribution is 7.52. The highest BCUT2D eigenvalue weighted by Crippen LogP contribution is 2.49. The van der Waals surface area contributed by atoms with Crippen molar-refractivity contribution in [1.82, 2.24) is 5.32 Å². The average Bonchev–Trinajstić information content (AvgIpc) is 2.64. The van der Waals surface area contributed by atoms with Crippen LogP contribution in [0.2, 0.25) is 0 Å². The number of amides is 1. The van der Waals surface area contributed by atoms with Crippen molar-refractivity contribution >= 4 is 19.5 Å². The van der Waals surface area contributed by atoms with Crippen LogP contribution >= 0.6 is 7.60 Å². The minimum atomic E-state index is -3.17. The first-order valence-corrected chi connectivity index (χ1v) is 9.41. The molecule has 0 heterocycles. The molecule has 0 spiro atoms. The molecule has 1 rings (SSSR count). The maximum Gasteiger partial charge on any atom is 0.334 e. The SMILES string of the molecule is C=CCC[C@@H](NC(=O)c1ccc(CP(=O)(OC)OC)cc1)C(=O)OC. The summed E-state index contributed by atoms with van der Waals surface area (Å²) in [5.74, 6) is -0.902. The quantitative estimate of drug-likeness (QED) is 0.387. The predicted molar refractivity (Wildman–Crippen MR) is 94.5 cm³/mol. The highest BCUT2D eigenvalue weighted by Gasteiger charge is 2.23. The number of nitrogens with one attached hydrogen (secondary N) is 1. The van der Waals surface area contributed by atoms with Crippen molar-refractivity contribution in [1.29, 1.82) is 0 Å². The molecule has 138 valence electrons. The molecule has 1 aromatic rings. The van der Waals surface area contributed by atoms with Crippen LogP contribution in [-0.2, 0) is 29.3 Å². The molecule has 0 unspecified atom stereocenters. The fraction of sp³-hybridized carbons (Fsp3) is 0.412. The topological polar surface area (TPSA) is 90.9 Å². The van der Waals surface area contributed by atoms with E-state index in [2.05, 4.69) is 11.9 Å². The van der Waals surface area contributed by atoms with Crippen molar-refractivity contribution in [3.8, 4) is 0 Å². The molecule has 0 aromatic heterocycles. The van der Waals surface area contributed by atoms with Crippen molar-refractivity contribution in [3.05, 3.63) is 48.0 Å². The Morgan fingerprint density at radius 3 is 2.28 bits per heavy atom. The molecule has 8 heteroatoms. The van der Waals surface area contributed by atoms with Gasteiger partial charge in [0.2, 0.25) is 0 Å². The van der Waals surface area contributed by atoms with Crippen LogP contribution in [0.5, 0.6) is 0 Å². The third-order valence-electron chi connectivity index (χ3n) is 3.60. The van der Waals surface area contributed by atoms with Crippen LogP contribution in [0.3, 0.4) is 0 Å². The molecule has 0 aliphatic rings. The van der Waals surface area contributed by atoms with Gasteiger partial charge in [0.05, 0.1) is 13.3 Å². The number of hydrogen-bond donors (Lipinski definition) is 1. The summed E-state index contributed by atoms with van der Waals surface area (Å²) in [5, 5.41) is 2.64. The third-order valence-corrected chi connectivity index (χ3v) is 5.46. The first-order valence-electron chi connectivity index (χ1n) is 7.68. The van der Waals surface area contributed by atoms with Crippen LogP contribution in [0.15, 0.2) is 36.9 Å². The van der Waals surface area contributed by atoms with Gasteiger partial charge in [-0.25, -0.2) is 4.79 Å². The minimum absolute atomic E-state index is 0.103. The van der Waals surface area contributed by atoms with Gasteiger partial charge in [-0.2, -0.15) is 0 Å². The Kier molecular flexibility index (Phi) is 8.55. The lowest BCUT2D eigenvalue weighted by Crippen LogP contribution is -2.41. The largest absolute Gasteiger partial charge is 0.467 e. The Labute approximate surface area is 147 Å². The number of rotatable bonds is 10. The molecule has 0 fully saturated rings. The Morgan fingerprint density at radius 2 is 1.80 bits per heavy atom. The molecule has 7 nitrogen and oxygen atoms in total. The van der Waals surface area contributed by atoms with Crippen molar-refractivity contribution in [2.45, 2.75) is 25.0 Å². The number of carbonyl (C=O) groups excluding carboxylic acids is 2. The number of hydrogen-bond acceptors (Lipinski definition) is 6. The molecule has 25 heavy (non-hydrogen) atoms. The maximum absolute atomic E-state index is 12.3. The Balaban J connectivity index is 2.80. The molecule has 1 amide bonds. The van der Waals surface area contributed by atoms with Gasteiger partial charge in [0, 0.05) is 19.8 Å². The zero-order valence-electron chi connectivity index (χ0n) is 14.7. The van der Waals surface area contributed by atoms with E-state index in [4.69, 9.17) is 13.8 Å². The number of allylic oxidation sites excluding steroid dienone is 1. The number of methoxy groups -OCH3 is 1. The summed E-state index contributed by atoms with van der Waals surface area (Å²) >= 11 is 0. The lowest BCUT2D eigenvalue weighted by atomic mass is 10.1. The summed E-state index contributed by atoms with van der Waals surface area (Å²) < 4.78 is 26.6. The molecule has 0 aliphatic heterocycles. The molecular weight excluding hydrogens is 345 g/mol. The van der Waals surface area contributed by atoms with Gasteiger partial charge < -0.3 is 19.1 Å². The Bertz CT molecular complexity index is 635. The van der Waals surface area contributed by atoms with Crippen LogP contribution in [-0.4, -0.2) is 39.2 Å². The lowest BCUT2D eigenvalue weighted by Gasteiger charge is -2.16. The van der Waals surface area contributed by atoms with Crippen molar-refractivity contribution in [2.24, 2.45) is 0 Å². The second kappa shape index (κ2) is 10.1. The Hall–Kier alpha value is -1.95. The third kappa shape index (κ3) is 6.46. The first-order chi connectivity index (χ1) is 11.9. The molecule has 0 bridgehead atoms. The molecule has 0 aliphatic carbocycles. The van der Waals surface area contributed by atoms with Crippen molar-refractivity contribution in [3.63, 3.8) is 0 Å². The number of carbonyl (C=O) groups is 2. The van der Waals surface area contributed by atoms with Gasteiger partial charge in [-0.05, 0) is 30.5 Å². The van der Waals surface area contributed by atoms with E-state index in [0.717, 1.165) is 0 Å². The van der Waals surface area contributed by atoms with E-state index in [-0.39, 0.29) is 6.16 Å². The molecule has 0 saturated heterocycles. The zero-order valence-corrected chi connectivity index (χ0v) is 15.6. The second-order valence-corrected chi connectivity index (χ2v) is 7.51. The fourth-order valence-electron chi connectivity index (χ4n) is 2.11. The summed E-state index contributed by atoms with van der Waals surface area (Å²) in [7, 11) is 0.750. The van der Waals surface area contributed by atoms with E-state index in [1.807, 2.05) is 0 Å². The maximum atomic E-state index is 12.3. The number of ether oxygens (including phenoxy) is 1. The summed E-state index contributed by atoms with van der Waals surface area (Å²) in [6, 6.07) is 5.76. The number of benzene rings is 1. The van der Waals surface area contributed by atoms with Gasteiger partial charge in [-0.15, -0.1) is 6.58 Å². The van der Waals surface area contributed by atoms with E-state index in [0.29, 0.717) is 24.0 Å². The lowest BCUT2D eigenvalue weighted by molar-refractivity contribution is -0.143. The number of esters is 1. The van der Waals surface area contributed by atoms with E-state index in [1.165, 1.54) is 21.3 Å². The van der Waals surface area contributed by atoms with Crippen molar-refractivity contribution < 1.29 is 27.9 Å². The monoisotopic (exact) mass is 369 g/mol. The van der Waals surface area contributed by atoms with Crippen LogP contribution < -0.4 is 5.32 Å². The standard InChI is InChI=1S/C17H24NO6P/c1-5-6-7-15(17(20)22-2)18-16(19)14-10-8-13(9-11-14)12-25(21,23-3)24-4/h5,8-11,15H,1,6-7,12H2,2-4H3,(H,18,19)/t15-/m1/s1. The summed E-state index contributed by atoms with van der Waals surface area (Å²) in [4.78, 5) is 24.0. The molecule has 1 atom stereocenters. The van der Waals surface area contributed by atoms with Crippen LogP contribution in [0.4, 0.5) is 0 Å². The minimum Gasteiger partial charge on any atom is -0.467 e. The van der Waals surface area contributed by atoms with Crippen LogP contribution in [0.1, 0.15) is 28.8 Å². The predicted octanol–water partition coefficient (Wildman–Crippen LogP) is 2.91. The van der Waals surface area contributed by atoms with Gasteiger partial charge in [0.25, 0.3) is 5.91 Å².